The average Bonchev–Trinajstić information content (AvgIpc) is 3.85. The predicted octanol–water partition coefficient (Wildman–Crippen LogP) is 14.9. The van der Waals surface area contributed by atoms with Crippen molar-refractivity contribution >= 4 is 99.7 Å². The Balaban J connectivity index is 1.27. The molecule has 0 bridgehead atoms. The van der Waals surface area contributed by atoms with Crippen LogP contribution in [0.3, 0.4) is 0 Å². The standard InChI is InChI=1S/C56H45BN2OS/c1-55(2,3)36-24-27-38(28-25-36)59-44-30-31-47-49(40-20-12-14-22-46(40)60-47)51(44)50-39-19-11-10-18-35(39)32-45-52(50)57(59)54-53(41-21-13-15-23-48(41)61-54)58(45)43-29-26-37(56(4,5)6)33-42(43)34-16-8-7-9-17-34/h7-33H,1-6H3. The second-order valence-corrected chi connectivity index (χ2v) is 20.0. The van der Waals surface area contributed by atoms with Crippen molar-refractivity contribution in [3.63, 3.8) is 0 Å². The smallest absolute Gasteiger partial charge is 0.343 e. The van der Waals surface area contributed by atoms with Crippen molar-refractivity contribution in [1.29, 1.82) is 0 Å². The van der Waals surface area contributed by atoms with E-state index >= 15 is 0 Å². The van der Waals surface area contributed by atoms with Gasteiger partial charge in [0.25, 0.3) is 0 Å². The van der Waals surface area contributed by atoms with E-state index in [4.69, 9.17) is 4.42 Å². The van der Waals surface area contributed by atoms with Gasteiger partial charge >= 0.3 is 6.85 Å². The minimum absolute atomic E-state index is 0.0249. The van der Waals surface area contributed by atoms with Crippen molar-refractivity contribution < 1.29 is 4.42 Å². The zero-order valence-corrected chi connectivity index (χ0v) is 36.2. The van der Waals surface area contributed by atoms with E-state index in [1.807, 2.05) is 11.3 Å². The SMILES string of the molecule is CC(C)(C)c1ccc(N2B3c4sc5ccccc5c4N(c4ccc(C(C)(C)C)cc4-c4ccccc4)c4cc5ccccc5c(c43)-c3c2ccc2oc4ccccc4c32)cc1. The lowest BCUT2D eigenvalue weighted by molar-refractivity contribution is 0.590. The molecule has 0 unspecified atom stereocenters. The third-order valence-electron chi connectivity index (χ3n) is 13.1. The minimum atomic E-state index is -0.101. The Morgan fingerprint density at radius 2 is 1.18 bits per heavy atom. The van der Waals surface area contributed by atoms with E-state index < -0.39 is 0 Å². The molecular formula is C56H45BN2OS. The van der Waals surface area contributed by atoms with Crippen LogP contribution in [0.15, 0.2) is 168 Å². The highest BCUT2D eigenvalue weighted by molar-refractivity contribution is 7.32. The minimum Gasteiger partial charge on any atom is -0.456 e. The van der Waals surface area contributed by atoms with Crippen molar-refractivity contribution in [1.82, 2.24) is 0 Å². The fraction of sp³-hybridized carbons (Fsp3) is 0.143. The van der Waals surface area contributed by atoms with E-state index in [-0.39, 0.29) is 17.7 Å². The van der Waals surface area contributed by atoms with Crippen molar-refractivity contribution in [2.24, 2.45) is 0 Å². The highest BCUT2D eigenvalue weighted by Crippen LogP contribution is 2.55. The number of anilines is 5. The first-order valence-corrected chi connectivity index (χ1v) is 22.3. The molecule has 61 heavy (non-hydrogen) atoms. The Bertz CT molecular complexity index is 3400. The fourth-order valence-corrected chi connectivity index (χ4v) is 11.4. The van der Waals surface area contributed by atoms with Gasteiger partial charge in [0.05, 0.1) is 11.4 Å². The summed E-state index contributed by atoms with van der Waals surface area (Å²) in [4.78, 5) is 5.28. The number of thiophene rings is 1. The van der Waals surface area contributed by atoms with Crippen molar-refractivity contribution in [2.75, 3.05) is 9.71 Å². The van der Waals surface area contributed by atoms with Crippen LogP contribution >= 0.6 is 11.3 Å². The molecule has 0 N–H and O–H groups in total. The molecule has 0 saturated heterocycles. The van der Waals surface area contributed by atoms with Crippen molar-refractivity contribution in [3.8, 4) is 22.3 Å². The molecule has 2 aromatic heterocycles. The van der Waals surface area contributed by atoms with Crippen LogP contribution in [0, 0.1) is 0 Å². The second-order valence-electron chi connectivity index (χ2n) is 18.9. The van der Waals surface area contributed by atoms with Crippen LogP contribution in [0.5, 0.6) is 0 Å². The van der Waals surface area contributed by atoms with Gasteiger partial charge in [-0.2, -0.15) is 0 Å². The second kappa shape index (κ2) is 13.0. The molecule has 0 amide bonds. The monoisotopic (exact) mass is 804 g/mol. The molecule has 5 heteroatoms. The molecule has 294 valence electrons. The molecule has 4 heterocycles. The zero-order chi connectivity index (χ0) is 41.4. The van der Waals surface area contributed by atoms with Crippen molar-refractivity contribution in [2.45, 2.75) is 52.4 Å². The molecule has 2 aliphatic heterocycles. The van der Waals surface area contributed by atoms with E-state index in [9.17, 15) is 0 Å². The molecule has 0 aliphatic carbocycles. The van der Waals surface area contributed by atoms with Crippen LogP contribution in [-0.4, -0.2) is 6.85 Å². The quantitative estimate of drug-likeness (QED) is 0.166. The number of benzene rings is 8. The Morgan fingerprint density at radius 1 is 0.525 bits per heavy atom. The predicted molar refractivity (Wildman–Crippen MR) is 263 cm³/mol. The summed E-state index contributed by atoms with van der Waals surface area (Å²) in [5.41, 5.74) is 16.7. The fourth-order valence-electron chi connectivity index (χ4n) is 10.1. The molecule has 10 aromatic rings. The molecular weight excluding hydrogens is 760 g/mol. The third kappa shape index (κ3) is 5.36. The summed E-state index contributed by atoms with van der Waals surface area (Å²) in [5.74, 6) is 0. The molecule has 8 aromatic carbocycles. The molecule has 0 saturated carbocycles. The van der Waals surface area contributed by atoms with Gasteiger partial charge in [-0.05, 0) is 104 Å². The average molecular weight is 805 g/mol. The summed E-state index contributed by atoms with van der Waals surface area (Å²) in [5, 5.41) is 6.04. The molecule has 2 aliphatic rings. The van der Waals surface area contributed by atoms with E-state index in [1.165, 1.54) is 92.9 Å². The van der Waals surface area contributed by atoms with Crippen LogP contribution in [0.25, 0.3) is 65.1 Å². The highest BCUT2D eigenvalue weighted by Gasteiger charge is 2.48. The first-order valence-electron chi connectivity index (χ1n) is 21.5. The summed E-state index contributed by atoms with van der Waals surface area (Å²) < 4.78 is 9.33. The summed E-state index contributed by atoms with van der Waals surface area (Å²) >= 11 is 1.94. The lowest BCUT2D eigenvalue weighted by Gasteiger charge is -2.45. The largest absolute Gasteiger partial charge is 0.456 e. The summed E-state index contributed by atoms with van der Waals surface area (Å²) in [6.45, 7) is 13.7. The van der Waals surface area contributed by atoms with Crippen LogP contribution < -0.4 is 20.0 Å². The Morgan fingerprint density at radius 3 is 1.95 bits per heavy atom. The van der Waals surface area contributed by atoms with Gasteiger partial charge in [0.1, 0.15) is 11.2 Å². The first-order chi connectivity index (χ1) is 29.5. The lowest BCUT2D eigenvalue weighted by atomic mass is 9.46. The Labute approximate surface area is 361 Å². The number of para-hydroxylation sites is 1. The maximum atomic E-state index is 6.70. The van der Waals surface area contributed by atoms with E-state index in [0.717, 1.165) is 21.9 Å². The number of hydrogen-bond acceptors (Lipinski definition) is 4. The van der Waals surface area contributed by atoms with Gasteiger partial charge in [0.2, 0.25) is 0 Å². The molecule has 0 radical (unpaired) electrons. The van der Waals surface area contributed by atoms with Crippen LogP contribution in [0.2, 0.25) is 0 Å². The topological polar surface area (TPSA) is 19.6 Å². The van der Waals surface area contributed by atoms with Crippen LogP contribution in [-0.2, 0) is 10.8 Å². The summed E-state index contributed by atoms with van der Waals surface area (Å²) in [6.07, 6.45) is 0. The summed E-state index contributed by atoms with van der Waals surface area (Å²) in [6, 6.07) is 61.1. The molecule has 12 rings (SSSR count). The maximum absolute atomic E-state index is 6.70. The van der Waals surface area contributed by atoms with Gasteiger partial charge in [-0.1, -0.05) is 151 Å². The first kappa shape index (κ1) is 36.3. The number of fused-ring (bicyclic) bond motifs is 12. The van der Waals surface area contributed by atoms with Gasteiger partial charge in [0.15, 0.2) is 0 Å². The van der Waals surface area contributed by atoms with Gasteiger partial charge in [0, 0.05) is 53.8 Å². The van der Waals surface area contributed by atoms with Crippen molar-refractivity contribution in [3.05, 3.63) is 175 Å². The van der Waals surface area contributed by atoms with Gasteiger partial charge in [-0.15, -0.1) is 11.3 Å². The molecule has 0 fully saturated rings. The Hall–Kier alpha value is -6.56. The maximum Gasteiger partial charge on any atom is 0.343 e. The zero-order valence-electron chi connectivity index (χ0n) is 35.4. The molecule has 0 spiro atoms. The van der Waals surface area contributed by atoms with E-state index in [1.54, 1.807) is 0 Å². The molecule has 0 atom stereocenters. The van der Waals surface area contributed by atoms with E-state index in [0.29, 0.717) is 0 Å². The van der Waals surface area contributed by atoms with Gasteiger partial charge in [-0.3, -0.25) is 0 Å². The van der Waals surface area contributed by atoms with Gasteiger partial charge in [-0.25, -0.2) is 0 Å². The number of nitrogens with zero attached hydrogens (tertiary/aromatic N) is 2. The number of hydrogen-bond donors (Lipinski definition) is 0. The highest BCUT2D eigenvalue weighted by atomic mass is 32.1. The normalized spacial score (nSPS) is 13.6. The summed E-state index contributed by atoms with van der Waals surface area (Å²) in [7, 11) is 0. The molecule has 3 nitrogen and oxygen atoms in total. The van der Waals surface area contributed by atoms with E-state index in [2.05, 4.69) is 215 Å². The number of furan rings is 1. The third-order valence-corrected chi connectivity index (χ3v) is 14.4. The van der Waals surface area contributed by atoms with Crippen LogP contribution in [0.4, 0.5) is 28.4 Å². The number of rotatable bonds is 3. The van der Waals surface area contributed by atoms with Crippen LogP contribution in [0.1, 0.15) is 52.7 Å². The van der Waals surface area contributed by atoms with Gasteiger partial charge < -0.3 is 14.1 Å². The Kier molecular flexibility index (Phi) is 7.72. The lowest BCUT2D eigenvalue weighted by Crippen LogP contribution is -2.60.